The molecule has 0 radical (unpaired) electrons. The average Bonchev–Trinajstić information content (AvgIpc) is 3.07. The third-order valence-corrected chi connectivity index (χ3v) is 6.41. The highest BCUT2D eigenvalue weighted by Crippen LogP contribution is 2.37. The maximum absolute atomic E-state index is 11.6. The lowest BCUT2D eigenvalue weighted by atomic mass is 10.2. The van der Waals surface area contributed by atoms with E-state index >= 15 is 0 Å². The van der Waals surface area contributed by atoms with E-state index in [1.165, 1.54) is 23.9 Å². The molecular formula is C18H13ClN4O2S2. The van der Waals surface area contributed by atoms with Crippen molar-refractivity contribution in [1.29, 1.82) is 0 Å². The van der Waals surface area contributed by atoms with Gasteiger partial charge in [-0.1, -0.05) is 11.6 Å². The number of hydrogen-bond acceptors (Lipinski definition) is 7. The van der Waals surface area contributed by atoms with Gasteiger partial charge in [0.05, 0.1) is 10.3 Å². The van der Waals surface area contributed by atoms with Crippen LogP contribution in [0.4, 0.5) is 11.5 Å². The first kappa shape index (κ1) is 17.8. The molecule has 0 fully saturated rings. The molecule has 9 heteroatoms. The van der Waals surface area contributed by atoms with Crippen LogP contribution in [0.2, 0.25) is 5.15 Å². The zero-order chi connectivity index (χ0) is 19.0. The molecule has 0 aliphatic rings. The highest BCUT2D eigenvalue weighted by molar-refractivity contribution is 7.90. The summed E-state index contributed by atoms with van der Waals surface area (Å²) < 4.78 is 23.2. The van der Waals surface area contributed by atoms with E-state index in [2.05, 4.69) is 20.3 Å². The Kier molecular flexibility index (Phi) is 4.55. The lowest BCUT2D eigenvalue weighted by Gasteiger charge is -2.07. The summed E-state index contributed by atoms with van der Waals surface area (Å²) >= 11 is 7.70. The van der Waals surface area contributed by atoms with Crippen molar-refractivity contribution in [3.63, 3.8) is 0 Å². The van der Waals surface area contributed by atoms with Gasteiger partial charge in [-0.25, -0.2) is 23.4 Å². The fourth-order valence-corrected chi connectivity index (χ4v) is 4.51. The third kappa shape index (κ3) is 3.64. The minimum absolute atomic E-state index is 0.268. The van der Waals surface area contributed by atoms with Crippen LogP contribution in [0.5, 0.6) is 0 Å². The van der Waals surface area contributed by atoms with E-state index in [0.29, 0.717) is 11.0 Å². The first-order valence-corrected chi connectivity index (χ1v) is 10.9. The number of hydrogen-bond donors (Lipinski definition) is 1. The molecule has 0 unspecified atom stereocenters. The van der Waals surface area contributed by atoms with Crippen molar-refractivity contribution in [1.82, 2.24) is 15.0 Å². The predicted molar refractivity (Wildman–Crippen MR) is 108 cm³/mol. The Balaban J connectivity index is 1.71. The van der Waals surface area contributed by atoms with E-state index in [1.807, 2.05) is 18.2 Å². The predicted octanol–water partition coefficient (Wildman–Crippen LogP) is 4.55. The van der Waals surface area contributed by atoms with Crippen molar-refractivity contribution in [2.45, 2.75) is 4.90 Å². The first-order chi connectivity index (χ1) is 12.9. The van der Waals surface area contributed by atoms with Crippen LogP contribution >= 0.6 is 22.9 Å². The van der Waals surface area contributed by atoms with E-state index in [9.17, 15) is 8.42 Å². The molecule has 0 aliphatic carbocycles. The first-order valence-electron chi connectivity index (χ1n) is 7.84. The monoisotopic (exact) mass is 416 g/mol. The zero-order valence-corrected chi connectivity index (χ0v) is 16.4. The fraction of sp³-hybridized carbons (Fsp3) is 0.0556. The van der Waals surface area contributed by atoms with Crippen LogP contribution < -0.4 is 5.32 Å². The van der Waals surface area contributed by atoms with Gasteiger partial charge in [-0.3, -0.25) is 0 Å². The van der Waals surface area contributed by atoms with Crippen LogP contribution in [0, 0.1) is 0 Å². The second-order valence-corrected chi connectivity index (χ2v) is 9.22. The molecule has 0 spiro atoms. The number of sulfone groups is 1. The number of anilines is 2. The maximum Gasteiger partial charge on any atom is 0.175 e. The van der Waals surface area contributed by atoms with Crippen molar-refractivity contribution in [2.75, 3.05) is 11.6 Å². The van der Waals surface area contributed by atoms with E-state index in [1.54, 1.807) is 30.5 Å². The van der Waals surface area contributed by atoms with Crippen molar-refractivity contribution in [2.24, 2.45) is 0 Å². The summed E-state index contributed by atoms with van der Waals surface area (Å²) in [6.45, 7) is 0. The number of halogens is 1. The SMILES string of the molecule is CS(=O)(=O)c1ccc(Nc2ncnc3sc(-c4cccnc4Cl)cc23)cc1. The number of aromatic nitrogens is 3. The van der Waals surface area contributed by atoms with Crippen LogP contribution in [-0.2, 0) is 9.84 Å². The third-order valence-electron chi connectivity index (χ3n) is 3.90. The Morgan fingerprint density at radius 3 is 2.56 bits per heavy atom. The Morgan fingerprint density at radius 1 is 1.07 bits per heavy atom. The van der Waals surface area contributed by atoms with Gasteiger partial charge in [-0.15, -0.1) is 11.3 Å². The van der Waals surface area contributed by atoms with Gasteiger partial charge < -0.3 is 5.32 Å². The molecule has 3 aromatic heterocycles. The minimum Gasteiger partial charge on any atom is -0.340 e. The van der Waals surface area contributed by atoms with Crippen LogP contribution in [-0.4, -0.2) is 29.6 Å². The van der Waals surface area contributed by atoms with Crippen molar-refractivity contribution in [3.8, 4) is 10.4 Å². The van der Waals surface area contributed by atoms with Crippen LogP contribution in [0.3, 0.4) is 0 Å². The average molecular weight is 417 g/mol. The molecule has 0 bridgehead atoms. The summed E-state index contributed by atoms with van der Waals surface area (Å²) in [5, 5.41) is 4.50. The number of thiophene rings is 1. The molecule has 6 nitrogen and oxygen atoms in total. The molecule has 4 rings (SSSR count). The maximum atomic E-state index is 11.6. The van der Waals surface area contributed by atoms with Gasteiger partial charge in [-0.05, 0) is 42.5 Å². The number of fused-ring (bicyclic) bond motifs is 1. The lowest BCUT2D eigenvalue weighted by molar-refractivity contribution is 0.602. The molecular weight excluding hydrogens is 404 g/mol. The van der Waals surface area contributed by atoms with Crippen LogP contribution in [0.1, 0.15) is 0 Å². The van der Waals surface area contributed by atoms with Gasteiger partial charge in [0.1, 0.15) is 22.1 Å². The fourth-order valence-electron chi connectivity index (χ4n) is 2.58. The molecule has 0 saturated heterocycles. The van der Waals surface area contributed by atoms with Gasteiger partial charge in [0, 0.05) is 28.6 Å². The smallest absolute Gasteiger partial charge is 0.175 e. The number of nitrogens with one attached hydrogen (secondary N) is 1. The summed E-state index contributed by atoms with van der Waals surface area (Å²) in [5.41, 5.74) is 1.57. The minimum atomic E-state index is -3.23. The molecule has 3 heterocycles. The Hall–Kier alpha value is -2.55. The summed E-state index contributed by atoms with van der Waals surface area (Å²) in [7, 11) is -3.23. The molecule has 0 amide bonds. The standard InChI is InChI=1S/C18H13ClN4O2S2/c1-27(24,25)12-6-4-11(5-7-12)23-17-14-9-15(26-18(14)22-10-21-17)13-3-2-8-20-16(13)19/h2-10H,1H3,(H,21,22,23). The van der Waals surface area contributed by atoms with Gasteiger partial charge in [0.15, 0.2) is 9.84 Å². The highest BCUT2D eigenvalue weighted by Gasteiger charge is 2.13. The second-order valence-electron chi connectivity index (χ2n) is 5.82. The van der Waals surface area contributed by atoms with E-state index in [0.717, 1.165) is 26.3 Å². The van der Waals surface area contributed by atoms with Gasteiger partial charge in [0.25, 0.3) is 0 Å². The Bertz CT molecular complexity index is 1240. The zero-order valence-electron chi connectivity index (χ0n) is 14.0. The summed E-state index contributed by atoms with van der Waals surface area (Å²) in [6.07, 6.45) is 4.31. The molecule has 136 valence electrons. The van der Waals surface area contributed by atoms with E-state index < -0.39 is 9.84 Å². The Labute approximate surface area is 164 Å². The topological polar surface area (TPSA) is 84.8 Å². The summed E-state index contributed by atoms with van der Waals surface area (Å²) in [6, 6.07) is 12.2. The van der Waals surface area contributed by atoms with Gasteiger partial charge >= 0.3 is 0 Å². The van der Waals surface area contributed by atoms with Gasteiger partial charge in [0.2, 0.25) is 0 Å². The van der Waals surface area contributed by atoms with E-state index in [-0.39, 0.29) is 4.90 Å². The largest absolute Gasteiger partial charge is 0.340 e. The molecule has 1 aromatic carbocycles. The summed E-state index contributed by atoms with van der Waals surface area (Å²) in [4.78, 5) is 14.8. The molecule has 27 heavy (non-hydrogen) atoms. The number of benzene rings is 1. The van der Waals surface area contributed by atoms with Crippen LogP contribution in [0.15, 0.2) is 59.9 Å². The highest BCUT2D eigenvalue weighted by atomic mass is 35.5. The van der Waals surface area contributed by atoms with Crippen LogP contribution in [0.25, 0.3) is 20.7 Å². The molecule has 0 saturated carbocycles. The number of nitrogens with zero attached hydrogens (tertiary/aromatic N) is 3. The molecule has 4 aromatic rings. The normalized spacial score (nSPS) is 11.6. The lowest BCUT2D eigenvalue weighted by Crippen LogP contribution is -1.98. The quantitative estimate of drug-likeness (QED) is 0.491. The Morgan fingerprint density at radius 2 is 1.85 bits per heavy atom. The molecule has 0 aliphatic heterocycles. The van der Waals surface area contributed by atoms with E-state index in [4.69, 9.17) is 11.6 Å². The second kappa shape index (κ2) is 6.88. The van der Waals surface area contributed by atoms with Crippen molar-refractivity contribution < 1.29 is 8.42 Å². The summed E-state index contributed by atoms with van der Waals surface area (Å²) in [5.74, 6) is 0.634. The van der Waals surface area contributed by atoms with Crippen molar-refractivity contribution in [3.05, 3.63) is 60.1 Å². The molecule has 0 atom stereocenters. The van der Waals surface area contributed by atoms with Crippen molar-refractivity contribution >= 4 is 54.5 Å². The molecule has 1 N–H and O–H groups in total. The number of pyridine rings is 1. The number of rotatable bonds is 4. The van der Waals surface area contributed by atoms with Gasteiger partial charge in [-0.2, -0.15) is 0 Å².